The molecule has 3 nitrogen and oxygen atoms in total. The topological polar surface area (TPSA) is 46.5 Å². The molecule has 0 bridgehead atoms. The van der Waals surface area contributed by atoms with E-state index in [-0.39, 0.29) is 0 Å². The zero-order chi connectivity index (χ0) is 14.9. The van der Waals surface area contributed by atoms with Gasteiger partial charge in [0.2, 0.25) is 0 Å². The van der Waals surface area contributed by atoms with Crippen LogP contribution in [0.5, 0.6) is 5.75 Å². The Morgan fingerprint density at radius 3 is 2.52 bits per heavy atom. The fourth-order valence-electron chi connectivity index (χ4n) is 3.40. The molecule has 0 aromatic heterocycles. The predicted octanol–water partition coefficient (Wildman–Crippen LogP) is 4.42. The summed E-state index contributed by atoms with van der Waals surface area (Å²) in [7, 11) is 0. The summed E-state index contributed by atoms with van der Waals surface area (Å²) in [5.74, 6) is 0.608. The summed E-state index contributed by atoms with van der Waals surface area (Å²) in [5.41, 5.74) is 0.0167. The molecule has 2 saturated carbocycles. The maximum Gasteiger partial charge on any atom is 0.314 e. The van der Waals surface area contributed by atoms with E-state index >= 15 is 0 Å². The molecule has 2 fully saturated rings. The van der Waals surface area contributed by atoms with Crippen molar-refractivity contribution >= 4 is 17.6 Å². The van der Waals surface area contributed by atoms with Gasteiger partial charge in [0.25, 0.3) is 0 Å². The van der Waals surface area contributed by atoms with Crippen molar-refractivity contribution in [3.63, 3.8) is 0 Å². The molecule has 2 aliphatic rings. The second-order valence-corrected chi connectivity index (χ2v) is 6.81. The van der Waals surface area contributed by atoms with E-state index < -0.39 is 11.4 Å². The molecular formula is C17H21ClO3. The van der Waals surface area contributed by atoms with Crippen LogP contribution in [0.3, 0.4) is 0 Å². The van der Waals surface area contributed by atoms with E-state index in [1.165, 1.54) is 19.3 Å². The molecule has 21 heavy (non-hydrogen) atoms. The fourth-order valence-corrected chi connectivity index (χ4v) is 3.63. The molecule has 0 amide bonds. The van der Waals surface area contributed by atoms with Gasteiger partial charge in [-0.3, -0.25) is 4.79 Å². The molecule has 0 radical (unpaired) electrons. The van der Waals surface area contributed by atoms with Gasteiger partial charge < -0.3 is 9.84 Å². The summed E-state index contributed by atoms with van der Waals surface area (Å²) in [4.78, 5) is 11.8. The molecule has 114 valence electrons. The lowest BCUT2D eigenvalue weighted by Gasteiger charge is -2.27. The quantitative estimate of drug-likeness (QED) is 0.876. The van der Waals surface area contributed by atoms with Gasteiger partial charge >= 0.3 is 5.97 Å². The first-order valence-corrected chi connectivity index (χ1v) is 8.15. The lowest BCUT2D eigenvalue weighted by atomic mass is 9.79. The zero-order valence-corrected chi connectivity index (χ0v) is 12.9. The minimum atomic E-state index is -0.778. The Hall–Kier alpha value is -1.22. The molecule has 0 atom stereocenters. The maximum atomic E-state index is 11.8. The van der Waals surface area contributed by atoms with E-state index in [1.54, 1.807) is 12.1 Å². The van der Waals surface area contributed by atoms with Crippen molar-refractivity contribution in [2.24, 2.45) is 5.92 Å². The van der Waals surface area contributed by atoms with Crippen LogP contribution in [0.1, 0.15) is 50.5 Å². The van der Waals surface area contributed by atoms with E-state index in [0.29, 0.717) is 36.1 Å². The van der Waals surface area contributed by atoms with Gasteiger partial charge in [-0.25, -0.2) is 0 Å². The van der Waals surface area contributed by atoms with E-state index in [4.69, 9.17) is 16.3 Å². The zero-order valence-electron chi connectivity index (χ0n) is 12.1. The lowest BCUT2D eigenvalue weighted by molar-refractivity contribution is -0.143. The van der Waals surface area contributed by atoms with E-state index in [2.05, 4.69) is 0 Å². The summed E-state index contributed by atoms with van der Waals surface area (Å²) >= 11 is 6.19. The highest BCUT2D eigenvalue weighted by Gasteiger charge is 2.43. The Morgan fingerprint density at radius 1 is 1.24 bits per heavy atom. The molecule has 0 unspecified atom stereocenters. The number of aliphatic carboxylic acids is 1. The van der Waals surface area contributed by atoms with Crippen LogP contribution in [0.4, 0.5) is 0 Å². The average molecular weight is 309 g/mol. The Bertz CT molecular complexity index is 531. The van der Waals surface area contributed by atoms with Crippen LogP contribution in [0.25, 0.3) is 0 Å². The minimum Gasteiger partial charge on any atom is -0.493 e. The second kappa shape index (κ2) is 5.88. The summed E-state index contributed by atoms with van der Waals surface area (Å²) in [6, 6.07) is 5.45. The van der Waals surface area contributed by atoms with Crippen molar-refractivity contribution in [3.05, 3.63) is 28.8 Å². The fraction of sp³-hybridized carbons (Fsp3) is 0.588. The molecule has 3 rings (SSSR count). The van der Waals surface area contributed by atoms with Crippen LogP contribution in [-0.4, -0.2) is 17.7 Å². The van der Waals surface area contributed by atoms with Crippen molar-refractivity contribution < 1.29 is 14.6 Å². The average Bonchev–Trinajstić information content (AvgIpc) is 2.86. The number of hydrogen-bond acceptors (Lipinski definition) is 2. The van der Waals surface area contributed by atoms with Crippen molar-refractivity contribution in [1.29, 1.82) is 0 Å². The summed E-state index contributed by atoms with van der Waals surface area (Å²) in [6.07, 6.45) is 7.03. The number of hydrogen-bond donors (Lipinski definition) is 1. The Labute approximate surface area is 130 Å². The third-order valence-corrected chi connectivity index (χ3v) is 5.22. The van der Waals surface area contributed by atoms with Crippen molar-refractivity contribution in [2.45, 2.75) is 50.4 Å². The van der Waals surface area contributed by atoms with Gasteiger partial charge in [-0.2, -0.15) is 0 Å². The highest BCUT2D eigenvalue weighted by molar-refractivity contribution is 6.30. The Balaban J connectivity index is 1.83. The molecule has 0 heterocycles. The molecule has 0 aliphatic heterocycles. The molecule has 4 heteroatoms. The SMILES string of the molecule is O=C(O)C1(c2cc(Cl)cc(OCC3CCC3)c2)CCCC1. The summed E-state index contributed by atoms with van der Waals surface area (Å²) in [5, 5.41) is 10.2. The highest BCUT2D eigenvalue weighted by Crippen LogP contribution is 2.43. The smallest absolute Gasteiger partial charge is 0.314 e. The van der Waals surface area contributed by atoms with E-state index in [1.807, 2.05) is 6.07 Å². The van der Waals surface area contributed by atoms with Crippen LogP contribution in [-0.2, 0) is 10.2 Å². The molecule has 1 aromatic carbocycles. The molecular weight excluding hydrogens is 288 g/mol. The normalized spacial score (nSPS) is 21.0. The van der Waals surface area contributed by atoms with Gasteiger partial charge in [0.1, 0.15) is 5.75 Å². The van der Waals surface area contributed by atoms with E-state index in [0.717, 1.165) is 18.4 Å². The standard InChI is InChI=1S/C17H21ClO3/c18-14-8-13(17(16(19)20)6-1-2-7-17)9-15(10-14)21-11-12-4-3-5-12/h8-10,12H,1-7,11H2,(H,19,20). The number of carbonyl (C=O) groups is 1. The summed E-state index contributed by atoms with van der Waals surface area (Å²) in [6.45, 7) is 0.708. The Kier molecular flexibility index (Phi) is 4.12. The van der Waals surface area contributed by atoms with Crippen molar-refractivity contribution in [3.8, 4) is 5.75 Å². The van der Waals surface area contributed by atoms with Crippen LogP contribution < -0.4 is 4.74 Å². The first-order chi connectivity index (χ1) is 10.1. The van der Waals surface area contributed by atoms with Crippen molar-refractivity contribution in [1.82, 2.24) is 0 Å². The van der Waals surface area contributed by atoms with Gasteiger partial charge in [0, 0.05) is 5.02 Å². The number of carboxylic acid groups (broad SMARTS) is 1. The largest absolute Gasteiger partial charge is 0.493 e. The predicted molar refractivity (Wildman–Crippen MR) is 82.1 cm³/mol. The molecule has 2 aliphatic carbocycles. The van der Waals surface area contributed by atoms with Gasteiger partial charge in [-0.1, -0.05) is 30.9 Å². The van der Waals surface area contributed by atoms with Gasteiger partial charge in [0.05, 0.1) is 12.0 Å². The minimum absolute atomic E-state index is 0.559. The number of benzene rings is 1. The highest BCUT2D eigenvalue weighted by atomic mass is 35.5. The first-order valence-electron chi connectivity index (χ1n) is 7.77. The monoisotopic (exact) mass is 308 g/mol. The van der Waals surface area contributed by atoms with Crippen LogP contribution in [0.2, 0.25) is 5.02 Å². The summed E-state index contributed by atoms with van der Waals surface area (Å²) < 4.78 is 5.84. The molecule has 1 N–H and O–H groups in total. The maximum absolute atomic E-state index is 11.8. The van der Waals surface area contributed by atoms with Gasteiger partial charge in [0.15, 0.2) is 0 Å². The first kappa shape index (κ1) is 14.7. The third kappa shape index (κ3) is 2.89. The molecule has 0 saturated heterocycles. The van der Waals surface area contributed by atoms with Crippen LogP contribution in [0.15, 0.2) is 18.2 Å². The number of halogens is 1. The number of carboxylic acids is 1. The molecule has 0 spiro atoms. The lowest BCUT2D eigenvalue weighted by Crippen LogP contribution is -2.32. The second-order valence-electron chi connectivity index (χ2n) is 6.38. The van der Waals surface area contributed by atoms with Gasteiger partial charge in [-0.05, 0) is 55.4 Å². The number of rotatable bonds is 5. The third-order valence-electron chi connectivity index (χ3n) is 5.00. The van der Waals surface area contributed by atoms with E-state index in [9.17, 15) is 9.90 Å². The van der Waals surface area contributed by atoms with Crippen molar-refractivity contribution in [2.75, 3.05) is 6.61 Å². The van der Waals surface area contributed by atoms with Gasteiger partial charge in [-0.15, -0.1) is 0 Å². The van der Waals surface area contributed by atoms with Crippen LogP contribution >= 0.6 is 11.6 Å². The molecule has 1 aromatic rings. The number of ether oxygens (including phenoxy) is 1. The Morgan fingerprint density at radius 2 is 1.95 bits per heavy atom. The van der Waals surface area contributed by atoms with Crippen LogP contribution in [0, 0.1) is 5.92 Å².